The van der Waals surface area contributed by atoms with Crippen molar-refractivity contribution in [2.45, 2.75) is 0 Å². The summed E-state index contributed by atoms with van der Waals surface area (Å²) in [4.78, 5) is 19.5. The number of benzene rings is 1. The summed E-state index contributed by atoms with van der Waals surface area (Å²) in [5.41, 5.74) is 0.0372. The molecule has 0 bridgehead atoms. The molecule has 2 N–H and O–H groups in total. The van der Waals surface area contributed by atoms with Crippen molar-refractivity contribution in [2.24, 2.45) is 0 Å². The van der Waals surface area contributed by atoms with Gasteiger partial charge in [0.1, 0.15) is 11.0 Å². The van der Waals surface area contributed by atoms with Crippen molar-refractivity contribution >= 4 is 34.9 Å². The topological polar surface area (TPSA) is 84.3 Å². The summed E-state index contributed by atoms with van der Waals surface area (Å²) < 4.78 is 4.93. The molecule has 1 amide bonds. The van der Waals surface area contributed by atoms with Crippen molar-refractivity contribution in [1.82, 2.24) is 9.97 Å². The Bertz CT molecular complexity index is 644. The monoisotopic (exact) mass is 313 g/mol. The first kappa shape index (κ1) is 14.4. The zero-order valence-electron chi connectivity index (χ0n) is 10.2. The number of ether oxygens (including phenoxy) is 1. The SMILES string of the molecule is COc1cccc(C(=O)Nc2cc(Cl)nc(Cl)n2)c1O. The number of nitrogens with zero attached hydrogens (tertiary/aromatic N) is 2. The van der Waals surface area contributed by atoms with Crippen molar-refractivity contribution < 1.29 is 14.6 Å². The quantitative estimate of drug-likeness (QED) is 0.672. The molecule has 20 heavy (non-hydrogen) atoms. The van der Waals surface area contributed by atoms with Gasteiger partial charge in [-0.1, -0.05) is 17.7 Å². The molecule has 6 nitrogen and oxygen atoms in total. The van der Waals surface area contributed by atoms with E-state index >= 15 is 0 Å². The summed E-state index contributed by atoms with van der Waals surface area (Å²) in [5.74, 6) is -0.524. The first-order chi connectivity index (χ1) is 9.51. The van der Waals surface area contributed by atoms with Gasteiger partial charge in [-0.05, 0) is 23.7 Å². The number of carbonyl (C=O) groups excluding carboxylic acids is 1. The average Bonchev–Trinajstić information content (AvgIpc) is 2.37. The number of hydrogen-bond acceptors (Lipinski definition) is 5. The summed E-state index contributed by atoms with van der Waals surface area (Å²) in [5, 5.41) is 12.3. The molecule has 1 heterocycles. The molecule has 0 unspecified atom stereocenters. The number of carbonyl (C=O) groups is 1. The summed E-state index contributed by atoms with van der Waals surface area (Å²) in [6, 6.07) is 5.89. The number of methoxy groups -OCH3 is 1. The van der Waals surface area contributed by atoms with E-state index in [0.717, 1.165) is 0 Å². The van der Waals surface area contributed by atoms with E-state index in [1.807, 2.05) is 0 Å². The first-order valence-electron chi connectivity index (χ1n) is 5.38. The molecule has 104 valence electrons. The van der Waals surface area contributed by atoms with Crippen LogP contribution in [0.25, 0.3) is 0 Å². The number of para-hydroxylation sites is 1. The molecule has 0 atom stereocenters. The van der Waals surface area contributed by atoms with Gasteiger partial charge >= 0.3 is 0 Å². The molecule has 0 saturated heterocycles. The molecular weight excluding hydrogens is 305 g/mol. The Hall–Kier alpha value is -2.05. The smallest absolute Gasteiger partial charge is 0.260 e. The maximum Gasteiger partial charge on any atom is 0.260 e. The second-order valence-electron chi connectivity index (χ2n) is 3.66. The van der Waals surface area contributed by atoms with Gasteiger partial charge in [0.25, 0.3) is 5.91 Å². The van der Waals surface area contributed by atoms with Gasteiger partial charge < -0.3 is 15.2 Å². The Kier molecular flexibility index (Phi) is 4.26. The van der Waals surface area contributed by atoms with Crippen molar-refractivity contribution in [3.05, 3.63) is 40.3 Å². The van der Waals surface area contributed by atoms with Crippen LogP contribution in [0.1, 0.15) is 10.4 Å². The second-order valence-corrected chi connectivity index (χ2v) is 4.38. The highest BCUT2D eigenvalue weighted by molar-refractivity contribution is 6.32. The zero-order valence-corrected chi connectivity index (χ0v) is 11.7. The van der Waals surface area contributed by atoms with Gasteiger partial charge in [-0.3, -0.25) is 4.79 Å². The number of halogens is 2. The highest BCUT2D eigenvalue weighted by Crippen LogP contribution is 2.29. The third kappa shape index (κ3) is 3.09. The molecule has 0 fully saturated rings. The molecule has 1 aromatic heterocycles. The van der Waals surface area contributed by atoms with Gasteiger partial charge in [-0.15, -0.1) is 0 Å². The molecular formula is C12H9Cl2N3O3. The van der Waals surface area contributed by atoms with Gasteiger partial charge in [0.05, 0.1) is 12.7 Å². The molecule has 8 heteroatoms. The van der Waals surface area contributed by atoms with Crippen LogP contribution in [0.4, 0.5) is 5.82 Å². The predicted molar refractivity (Wildman–Crippen MR) is 74.7 cm³/mol. The van der Waals surface area contributed by atoms with Gasteiger partial charge in [-0.2, -0.15) is 0 Å². The largest absolute Gasteiger partial charge is 0.504 e. The Morgan fingerprint density at radius 2 is 2.10 bits per heavy atom. The molecule has 1 aromatic carbocycles. The molecule has 0 aliphatic carbocycles. The van der Waals surface area contributed by atoms with Crippen LogP contribution in [-0.2, 0) is 0 Å². The second kappa shape index (κ2) is 5.94. The summed E-state index contributed by atoms with van der Waals surface area (Å²) in [7, 11) is 1.39. The minimum absolute atomic E-state index is 0.0372. The fraction of sp³-hybridized carbons (Fsp3) is 0.0833. The maximum absolute atomic E-state index is 12.1. The van der Waals surface area contributed by atoms with Gasteiger partial charge in [0.15, 0.2) is 11.5 Å². The molecule has 0 aliphatic heterocycles. The molecule has 0 radical (unpaired) electrons. The number of phenols is 1. The molecule has 0 saturated carbocycles. The van der Waals surface area contributed by atoms with E-state index in [1.165, 1.54) is 25.3 Å². The summed E-state index contributed by atoms with van der Waals surface area (Å²) in [6.45, 7) is 0. The van der Waals surface area contributed by atoms with Crippen LogP contribution in [0.5, 0.6) is 11.5 Å². The van der Waals surface area contributed by atoms with Crippen molar-refractivity contribution in [3.8, 4) is 11.5 Å². The highest BCUT2D eigenvalue weighted by Gasteiger charge is 2.15. The Morgan fingerprint density at radius 3 is 2.75 bits per heavy atom. The van der Waals surface area contributed by atoms with Gasteiger partial charge in [0, 0.05) is 6.07 Å². The van der Waals surface area contributed by atoms with E-state index in [4.69, 9.17) is 27.9 Å². The van der Waals surface area contributed by atoms with E-state index in [9.17, 15) is 9.90 Å². The van der Waals surface area contributed by atoms with E-state index in [1.54, 1.807) is 6.07 Å². The molecule has 2 rings (SSSR count). The lowest BCUT2D eigenvalue weighted by molar-refractivity contribution is 0.102. The number of phenolic OH excluding ortho intramolecular Hbond substituents is 1. The van der Waals surface area contributed by atoms with Crippen LogP contribution < -0.4 is 10.1 Å². The van der Waals surface area contributed by atoms with E-state index in [0.29, 0.717) is 0 Å². The van der Waals surface area contributed by atoms with Gasteiger partial charge in [-0.25, -0.2) is 9.97 Å². The Balaban J connectivity index is 2.28. The number of anilines is 1. The van der Waals surface area contributed by atoms with E-state index in [-0.39, 0.29) is 33.3 Å². The third-order valence-electron chi connectivity index (χ3n) is 2.37. The van der Waals surface area contributed by atoms with Crippen LogP contribution in [0.3, 0.4) is 0 Å². The minimum Gasteiger partial charge on any atom is -0.504 e. The number of hydrogen-bond donors (Lipinski definition) is 2. The number of aromatic nitrogens is 2. The fourth-order valence-electron chi connectivity index (χ4n) is 1.51. The molecule has 2 aromatic rings. The van der Waals surface area contributed by atoms with Crippen molar-refractivity contribution in [3.63, 3.8) is 0 Å². The molecule has 0 spiro atoms. The average molecular weight is 314 g/mol. The standard InChI is InChI=1S/C12H9Cl2N3O3/c1-20-7-4-2-3-6(10(7)18)11(19)16-9-5-8(13)15-12(14)17-9/h2-5,18H,1H3,(H,15,16,17,19). The number of amides is 1. The lowest BCUT2D eigenvalue weighted by atomic mass is 10.1. The first-order valence-corrected chi connectivity index (χ1v) is 6.14. The normalized spacial score (nSPS) is 10.2. The number of nitrogens with one attached hydrogen (secondary N) is 1. The minimum atomic E-state index is -0.577. The number of aromatic hydroxyl groups is 1. The van der Waals surface area contributed by atoms with Crippen LogP contribution in [-0.4, -0.2) is 28.1 Å². The predicted octanol–water partition coefficient (Wildman–Crippen LogP) is 2.75. The van der Waals surface area contributed by atoms with Crippen LogP contribution in [0.2, 0.25) is 10.4 Å². The number of rotatable bonds is 3. The lowest BCUT2D eigenvalue weighted by Gasteiger charge is -2.09. The van der Waals surface area contributed by atoms with Crippen molar-refractivity contribution in [2.75, 3.05) is 12.4 Å². The third-order valence-corrected chi connectivity index (χ3v) is 2.74. The highest BCUT2D eigenvalue weighted by atomic mass is 35.5. The molecule has 0 aliphatic rings. The van der Waals surface area contributed by atoms with E-state index in [2.05, 4.69) is 15.3 Å². The Labute approximate surface area is 124 Å². The van der Waals surface area contributed by atoms with Crippen LogP contribution in [0, 0.1) is 0 Å². The van der Waals surface area contributed by atoms with Gasteiger partial charge in [0.2, 0.25) is 5.28 Å². The van der Waals surface area contributed by atoms with E-state index < -0.39 is 5.91 Å². The fourth-order valence-corrected chi connectivity index (χ4v) is 1.92. The Morgan fingerprint density at radius 1 is 1.35 bits per heavy atom. The summed E-state index contributed by atoms with van der Waals surface area (Å²) in [6.07, 6.45) is 0. The van der Waals surface area contributed by atoms with Crippen molar-refractivity contribution in [1.29, 1.82) is 0 Å². The summed E-state index contributed by atoms with van der Waals surface area (Å²) >= 11 is 11.3. The van der Waals surface area contributed by atoms with Crippen LogP contribution in [0.15, 0.2) is 24.3 Å². The van der Waals surface area contributed by atoms with Crippen LogP contribution >= 0.6 is 23.2 Å². The maximum atomic E-state index is 12.1. The lowest BCUT2D eigenvalue weighted by Crippen LogP contribution is -2.13. The zero-order chi connectivity index (χ0) is 14.7.